The van der Waals surface area contributed by atoms with Crippen LogP contribution in [0.3, 0.4) is 0 Å². The number of hydrogen-bond donors (Lipinski definition) is 1. The lowest BCUT2D eigenvalue weighted by molar-refractivity contribution is 0.397. The average molecular weight is 216 g/mol. The number of aromatic nitrogens is 3. The number of nitrogens with one attached hydrogen (secondary N) is 1. The highest BCUT2D eigenvalue weighted by atomic mass is 15.3. The van der Waals surface area contributed by atoms with Gasteiger partial charge in [-0.1, -0.05) is 12.5 Å². The molecule has 1 N–H and O–H groups in total. The topological polar surface area (TPSA) is 42.2 Å². The summed E-state index contributed by atoms with van der Waals surface area (Å²) in [4.78, 5) is 4.59. The lowest BCUT2D eigenvalue weighted by Crippen LogP contribution is -2.27. The predicted octanol–water partition coefficient (Wildman–Crippen LogP) is 1.85. The molecule has 1 unspecified atom stereocenters. The van der Waals surface area contributed by atoms with Crippen molar-refractivity contribution < 1.29 is 0 Å². The molecule has 1 saturated heterocycles. The zero-order valence-corrected chi connectivity index (χ0v) is 9.48. The van der Waals surface area contributed by atoms with Crippen molar-refractivity contribution in [2.45, 2.75) is 32.2 Å². The normalized spacial score (nSPS) is 21.4. The van der Waals surface area contributed by atoms with Crippen molar-refractivity contribution in [1.82, 2.24) is 19.9 Å². The van der Waals surface area contributed by atoms with Gasteiger partial charge in [0.25, 0.3) is 0 Å². The first-order valence-electron chi connectivity index (χ1n) is 5.90. The Kier molecular flexibility index (Phi) is 2.36. The monoisotopic (exact) mass is 216 g/mol. The van der Waals surface area contributed by atoms with Crippen LogP contribution >= 0.6 is 0 Å². The van der Waals surface area contributed by atoms with Gasteiger partial charge in [0.15, 0.2) is 11.5 Å². The van der Waals surface area contributed by atoms with Crippen LogP contribution in [0.1, 0.15) is 36.8 Å². The minimum atomic E-state index is 0.341. The van der Waals surface area contributed by atoms with Gasteiger partial charge in [-0.25, -0.2) is 9.50 Å². The van der Waals surface area contributed by atoms with Crippen molar-refractivity contribution in [1.29, 1.82) is 0 Å². The van der Waals surface area contributed by atoms with Crippen LogP contribution in [-0.2, 0) is 0 Å². The Labute approximate surface area is 94.7 Å². The molecular weight excluding hydrogens is 200 g/mol. The summed E-state index contributed by atoms with van der Waals surface area (Å²) in [5, 5.41) is 8.06. The van der Waals surface area contributed by atoms with Gasteiger partial charge in [0.1, 0.15) is 0 Å². The zero-order valence-electron chi connectivity index (χ0n) is 9.48. The Morgan fingerprint density at radius 3 is 3.06 bits per heavy atom. The third kappa shape index (κ3) is 1.59. The molecule has 2 aromatic rings. The van der Waals surface area contributed by atoms with Gasteiger partial charge < -0.3 is 5.32 Å². The first kappa shape index (κ1) is 9.78. The predicted molar refractivity (Wildman–Crippen MR) is 62.3 cm³/mol. The standard InChI is InChI=1S/C12H16N4/c1-9-5-4-7-11-14-12(15-16(9)11)10-6-2-3-8-13-10/h4-5,7,10,13H,2-3,6,8H2,1H3. The summed E-state index contributed by atoms with van der Waals surface area (Å²) in [5.41, 5.74) is 2.08. The fourth-order valence-corrected chi connectivity index (χ4v) is 2.27. The van der Waals surface area contributed by atoms with Crippen molar-refractivity contribution in [2.24, 2.45) is 0 Å². The number of aryl methyl sites for hydroxylation is 1. The first-order chi connectivity index (χ1) is 7.84. The molecule has 1 aliphatic heterocycles. The van der Waals surface area contributed by atoms with E-state index >= 15 is 0 Å². The van der Waals surface area contributed by atoms with Crippen LogP contribution in [0.5, 0.6) is 0 Å². The number of nitrogens with zero attached hydrogens (tertiary/aromatic N) is 3. The van der Waals surface area contributed by atoms with E-state index in [0.29, 0.717) is 6.04 Å². The molecule has 0 aromatic carbocycles. The van der Waals surface area contributed by atoms with E-state index in [1.165, 1.54) is 12.8 Å². The van der Waals surface area contributed by atoms with Crippen molar-refractivity contribution >= 4 is 5.65 Å². The van der Waals surface area contributed by atoms with E-state index in [0.717, 1.165) is 30.1 Å². The lowest BCUT2D eigenvalue weighted by atomic mass is 10.0. The number of pyridine rings is 1. The molecule has 1 atom stereocenters. The molecule has 1 fully saturated rings. The second kappa shape index (κ2) is 3.87. The van der Waals surface area contributed by atoms with Crippen molar-refractivity contribution in [2.75, 3.05) is 6.54 Å². The molecule has 0 amide bonds. The summed E-state index contributed by atoms with van der Waals surface area (Å²) >= 11 is 0. The van der Waals surface area contributed by atoms with E-state index < -0.39 is 0 Å². The third-order valence-corrected chi connectivity index (χ3v) is 3.19. The highest BCUT2D eigenvalue weighted by molar-refractivity contribution is 5.38. The van der Waals surface area contributed by atoms with Gasteiger partial charge in [0.05, 0.1) is 6.04 Å². The Morgan fingerprint density at radius 1 is 1.38 bits per heavy atom. The van der Waals surface area contributed by atoms with Crippen LogP contribution in [0.4, 0.5) is 0 Å². The second-order valence-electron chi connectivity index (χ2n) is 4.41. The molecule has 4 nitrogen and oxygen atoms in total. The quantitative estimate of drug-likeness (QED) is 0.791. The van der Waals surface area contributed by atoms with Crippen LogP contribution in [0.2, 0.25) is 0 Å². The Morgan fingerprint density at radius 2 is 2.31 bits per heavy atom. The second-order valence-corrected chi connectivity index (χ2v) is 4.41. The van der Waals surface area contributed by atoms with E-state index in [-0.39, 0.29) is 0 Å². The van der Waals surface area contributed by atoms with Crippen LogP contribution in [0, 0.1) is 6.92 Å². The largest absolute Gasteiger partial charge is 0.307 e. The summed E-state index contributed by atoms with van der Waals surface area (Å²) in [6.07, 6.45) is 3.69. The highest BCUT2D eigenvalue weighted by Gasteiger charge is 2.19. The van der Waals surface area contributed by atoms with Gasteiger partial charge in [-0.15, -0.1) is 5.10 Å². The molecule has 0 aliphatic carbocycles. The summed E-state index contributed by atoms with van der Waals surface area (Å²) in [6, 6.07) is 6.43. The van der Waals surface area contributed by atoms with Gasteiger partial charge in [0.2, 0.25) is 0 Å². The molecule has 0 spiro atoms. The van der Waals surface area contributed by atoms with Crippen LogP contribution in [0.25, 0.3) is 5.65 Å². The smallest absolute Gasteiger partial charge is 0.168 e. The number of hydrogen-bond acceptors (Lipinski definition) is 3. The molecule has 84 valence electrons. The first-order valence-corrected chi connectivity index (χ1v) is 5.90. The minimum Gasteiger partial charge on any atom is -0.307 e. The molecule has 3 rings (SSSR count). The summed E-state index contributed by atoms with van der Waals surface area (Å²) in [6.45, 7) is 3.14. The molecule has 4 heteroatoms. The summed E-state index contributed by atoms with van der Waals surface area (Å²) in [7, 11) is 0. The molecule has 0 saturated carbocycles. The molecule has 2 aromatic heterocycles. The molecule has 0 bridgehead atoms. The SMILES string of the molecule is Cc1cccc2nc(C3CCCCN3)nn12. The molecular formula is C12H16N4. The molecule has 0 radical (unpaired) electrons. The number of piperidine rings is 1. The van der Waals surface area contributed by atoms with E-state index in [9.17, 15) is 0 Å². The van der Waals surface area contributed by atoms with Crippen molar-refractivity contribution in [3.8, 4) is 0 Å². The Balaban J connectivity index is 2.01. The van der Waals surface area contributed by atoms with Crippen molar-refractivity contribution in [3.05, 3.63) is 29.7 Å². The maximum Gasteiger partial charge on any atom is 0.168 e. The molecule has 1 aliphatic rings. The van der Waals surface area contributed by atoms with E-state index in [4.69, 9.17) is 0 Å². The van der Waals surface area contributed by atoms with Gasteiger partial charge in [-0.3, -0.25) is 0 Å². The number of rotatable bonds is 1. The van der Waals surface area contributed by atoms with Gasteiger partial charge in [-0.05, 0) is 38.4 Å². The fraction of sp³-hybridized carbons (Fsp3) is 0.500. The minimum absolute atomic E-state index is 0.341. The lowest BCUT2D eigenvalue weighted by Gasteiger charge is -2.20. The van der Waals surface area contributed by atoms with Crippen molar-refractivity contribution in [3.63, 3.8) is 0 Å². The van der Waals surface area contributed by atoms with E-state index in [2.05, 4.69) is 28.4 Å². The zero-order chi connectivity index (χ0) is 11.0. The molecule has 3 heterocycles. The third-order valence-electron chi connectivity index (χ3n) is 3.19. The average Bonchev–Trinajstić information content (AvgIpc) is 2.76. The summed E-state index contributed by atoms with van der Waals surface area (Å²) < 4.78 is 1.92. The molecule has 16 heavy (non-hydrogen) atoms. The Bertz CT molecular complexity index is 497. The van der Waals surface area contributed by atoms with E-state index in [1.54, 1.807) is 0 Å². The van der Waals surface area contributed by atoms with Gasteiger partial charge >= 0.3 is 0 Å². The van der Waals surface area contributed by atoms with Gasteiger partial charge in [0, 0.05) is 5.69 Å². The maximum absolute atomic E-state index is 4.59. The highest BCUT2D eigenvalue weighted by Crippen LogP contribution is 2.20. The van der Waals surface area contributed by atoms with Crippen LogP contribution in [-0.4, -0.2) is 21.1 Å². The maximum atomic E-state index is 4.59. The number of fused-ring (bicyclic) bond motifs is 1. The summed E-state index contributed by atoms with van der Waals surface area (Å²) in [5.74, 6) is 0.939. The fourth-order valence-electron chi connectivity index (χ4n) is 2.27. The van der Waals surface area contributed by atoms with Crippen LogP contribution in [0.15, 0.2) is 18.2 Å². The Hall–Kier alpha value is -1.42. The van der Waals surface area contributed by atoms with E-state index in [1.807, 2.05) is 16.6 Å². The van der Waals surface area contributed by atoms with Crippen LogP contribution < -0.4 is 5.32 Å². The van der Waals surface area contributed by atoms with Gasteiger partial charge in [-0.2, -0.15) is 0 Å².